The van der Waals surface area contributed by atoms with Gasteiger partial charge in [0.15, 0.2) is 0 Å². The summed E-state index contributed by atoms with van der Waals surface area (Å²) in [5.41, 5.74) is 1.97. The van der Waals surface area contributed by atoms with Crippen molar-refractivity contribution in [1.82, 2.24) is 10.0 Å². The summed E-state index contributed by atoms with van der Waals surface area (Å²) in [6, 6.07) is 11.2. The minimum absolute atomic E-state index is 0.0358. The molecule has 0 unspecified atom stereocenters. The molecule has 3 aliphatic rings. The van der Waals surface area contributed by atoms with Crippen LogP contribution in [0.4, 0.5) is 11.4 Å². The summed E-state index contributed by atoms with van der Waals surface area (Å²) in [5, 5.41) is 15.4. The number of nitro benzene ring substituents is 1. The third-order valence-corrected chi connectivity index (χ3v) is 6.53. The molecule has 154 valence electrons. The van der Waals surface area contributed by atoms with Gasteiger partial charge in [0, 0.05) is 19.2 Å². The largest absolute Gasteiger partial charge is 0.289 e. The Balaban J connectivity index is 1.58. The fourth-order valence-electron chi connectivity index (χ4n) is 4.91. The molecule has 0 N–H and O–H groups in total. The van der Waals surface area contributed by atoms with E-state index in [-0.39, 0.29) is 34.3 Å². The number of nitro groups is 1. The van der Waals surface area contributed by atoms with E-state index >= 15 is 0 Å². The van der Waals surface area contributed by atoms with Crippen LogP contribution in [0.2, 0.25) is 5.02 Å². The first-order valence-electron chi connectivity index (χ1n) is 9.80. The highest BCUT2D eigenvalue weighted by Gasteiger charge is 2.62. The lowest BCUT2D eigenvalue weighted by molar-refractivity contribution is -0.384. The molecule has 0 saturated carbocycles. The third-order valence-electron chi connectivity index (χ3n) is 6.21. The smallest absolute Gasteiger partial charge is 0.274 e. The molecule has 9 heteroatoms. The summed E-state index contributed by atoms with van der Waals surface area (Å²) in [4.78, 5) is 38.6. The number of halogens is 1. The zero-order valence-corrected chi connectivity index (χ0v) is 17.0. The Labute approximate surface area is 177 Å². The van der Waals surface area contributed by atoms with Crippen molar-refractivity contribution in [2.45, 2.75) is 25.4 Å². The Morgan fingerprint density at radius 1 is 1.00 bits per heavy atom. The van der Waals surface area contributed by atoms with Gasteiger partial charge in [-0.3, -0.25) is 19.7 Å². The molecular weight excluding hydrogens is 408 g/mol. The molecule has 2 aromatic rings. The zero-order chi connectivity index (χ0) is 21.2. The second kappa shape index (κ2) is 6.87. The van der Waals surface area contributed by atoms with E-state index in [4.69, 9.17) is 11.6 Å². The summed E-state index contributed by atoms with van der Waals surface area (Å²) in [6.45, 7) is 3.50. The molecule has 2 amide bonds. The van der Waals surface area contributed by atoms with E-state index in [2.05, 4.69) is 5.01 Å². The second-order valence-corrected chi connectivity index (χ2v) is 8.32. The summed E-state index contributed by atoms with van der Waals surface area (Å²) in [6.07, 6.45) is 0.916. The molecule has 3 saturated heterocycles. The topological polar surface area (TPSA) is 87.0 Å². The summed E-state index contributed by atoms with van der Waals surface area (Å²) < 4.78 is 0. The predicted octanol–water partition coefficient (Wildman–Crippen LogP) is 3.09. The first-order chi connectivity index (χ1) is 14.4. The van der Waals surface area contributed by atoms with Crippen molar-refractivity contribution in [1.29, 1.82) is 0 Å². The van der Waals surface area contributed by atoms with Crippen LogP contribution in [0.1, 0.15) is 23.6 Å². The van der Waals surface area contributed by atoms with Gasteiger partial charge in [0.05, 0.1) is 22.6 Å². The molecule has 0 bridgehead atoms. The van der Waals surface area contributed by atoms with E-state index in [9.17, 15) is 19.7 Å². The van der Waals surface area contributed by atoms with Crippen LogP contribution in [0.5, 0.6) is 0 Å². The highest BCUT2D eigenvalue weighted by atomic mass is 35.5. The Kier molecular flexibility index (Phi) is 4.39. The molecule has 0 aromatic heterocycles. The number of hydrogen-bond acceptors (Lipinski definition) is 6. The van der Waals surface area contributed by atoms with Gasteiger partial charge in [0.1, 0.15) is 11.1 Å². The molecule has 0 radical (unpaired) electrons. The van der Waals surface area contributed by atoms with E-state index in [1.807, 2.05) is 36.2 Å². The molecule has 3 atom stereocenters. The first kappa shape index (κ1) is 19.2. The lowest BCUT2D eigenvalue weighted by atomic mass is 9.89. The minimum Gasteiger partial charge on any atom is -0.274 e. The number of fused-ring (bicyclic) bond motifs is 3. The number of rotatable bonds is 3. The maximum Gasteiger partial charge on any atom is 0.289 e. The van der Waals surface area contributed by atoms with E-state index < -0.39 is 16.9 Å². The Bertz CT molecular complexity index is 1070. The number of carbonyl (C=O) groups excluding carboxylic acids is 2. The fraction of sp³-hybridized carbons (Fsp3) is 0.333. The van der Waals surface area contributed by atoms with Gasteiger partial charge < -0.3 is 0 Å². The maximum absolute atomic E-state index is 13.5. The van der Waals surface area contributed by atoms with Crippen molar-refractivity contribution in [2.24, 2.45) is 5.92 Å². The number of benzene rings is 2. The molecular formula is C21H19ClN4O4. The number of anilines is 1. The van der Waals surface area contributed by atoms with Crippen molar-refractivity contribution < 1.29 is 14.5 Å². The standard InChI is InChI=1S/C21H19ClN4O4/c1-12-3-5-13(6-4-12)18-17-19(24-10-2-9-23(18)24)21(28)25(20(17)27)14-7-8-15(22)16(11-14)26(29)30/h3-8,11,17-19H,2,9-10H2,1H3/t17-,18+,19+/m0/s1. The Hall–Kier alpha value is -2.81. The first-order valence-corrected chi connectivity index (χ1v) is 10.2. The predicted molar refractivity (Wildman–Crippen MR) is 110 cm³/mol. The minimum atomic E-state index is -0.616. The van der Waals surface area contributed by atoms with Gasteiger partial charge in [0.2, 0.25) is 5.91 Å². The van der Waals surface area contributed by atoms with Gasteiger partial charge in [-0.15, -0.1) is 0 Å². The molecule has 3 aliphatic heterocycles. The van der Waals surface area contributed by atoms with Gasteiger partial charge >= 0.3 is 0 Å². The van der Waals surface area contributed by atoms with E-state index in [1.54, 1.807) is 0 Å². The number of aryl methyl sites for hydroxylation is 1. The average Bonchev–Trinajstić information content (AvgIpc) is 3.36. The van der Waals surface area contributed by atoms with Crippen LogP contribution in [0.3, 0.4) is 0 Å². The number of carbonyl (C=O) groups is 2. The number of imide groups is 1. The van der Waals surface area contributed by atoms with Crippen LogP contribution in [0.25, 0.3) is 0 Å². The molecule has 2 aromatic carbocycles. The van der Waals surface area contributed by atoms with Gasteiger partial charge in [0.25, 0.3) is 11.6 Å². The molecule has 0 spiro atoms. The molecule has 8 nitrogen and oxygen atoms in total. The normalized spacial score (nSPS) is 26.3. The SMILES string of the molecule is Cc1ccc([C@@H]2[C@@H]3C(=O)N(c4ccc(Cl)c([N+](=O)[O-])c4)C(=O)[C@@H]3N3CCCN23)cc1. The highest BCUT2D eigenvalue weighted by molar-refractivity contribution is 6.33. The lowest BCUT2D eigenvalue weighted by Gasteiger charge is -2.29. The van der Waals surface area contributed by atoms with Crippen molar-refractivity contribution in [3.8, 4) is 0 Å². The number of hydrogen-bond donors (Lipinski definition) is 0. The van der Waals surface area contributed by atoms with E-state index in [0.29, 0.717) is 6.54 Å². The number of nitrogens with zero attached hydrogens (tertiary/aromatic N) is 4. The van der Waals surface area contributed by atoms with Crippen LogP contribution in [-0.4, -0.2) is 45.9 Å². The van der Waals surface area contributed by atoms with Gasteiger partial charge in [-0.1, -0.05) is 41.4 Å². The van der Waals surface area contributed by atoms with Crippen molar-refractivity contribution in [3.05, 3.63) is 68.7 Å². The van der Waals surface area contributed by atoms with Crippen molar-refractivity contribution in [2.75, 3.05) is 18.0 Å². The fourth-order valence-corrected chi connectivity index (χ4v) is 5.10. The summed E-state index contributed by atoms with van der Waals surface area (Å²) >= 11 is 5.91. The Morgan fingerprint density at radius 3 is 2.33 bits per heavy atom. The molecule has 3 heterocycles. The molecule has 0 aliphatic carbocycles. The zero-order valence-electron chi connectivity index (χ0n) is 16.2. The summed E-state index contributed by atoms with van der Waals surface area (Å²) in [5.74, 6) is -1.24. The van der Waals surface area contributed by atoms with Crippen LogP contribution < -0.4 is 4.90 Å². The van der Waals surface area contributed by atoms with Gasteiger partial charge in [-0.2, -0.15) is 0 Å². The van der Waals surface area contributed by atoms with Crippen LogP contribution >= 0.6 is 11.6 Å². The van der Waals surface area contributed by atoms with Crippen LogP contribution in [0, 0.1) is 23.0 Å². The van der Waals surface area contributed by atoms with Gasteiger partial charge in [-0.05, 0) is 31.0 Å². The highest BCUT2D eigenvalue weighted by Crippen LogP contribution is 2.49. The van der Waals surface area contributed by atoms with Crippen LogP contribution in [-0.2, 0) is 9.59 Å². The number of amides is 2. The van der Waals surface area contributed by atoms with E-state index in [1.165, 1.54) is 18.2 Å². The second-order valence-electron chi connectivity index (χ2n) is 7.91. The molecule has 5 rings (SSSR count). The molecule has 3 fully saturated rings. The average molecular weight is 427 g/mol. The van der Waals surface area contributed by atoms with Crippen molar-refractivity contribution >= 4 is 34.8 Å². The third kappa shape index (κ3) is 2.68. The Morgan fingerprint density at radius 2 is 1.67 bits per heavy atom. The maximum atomic E-state index is 13.5. The van der Waals surface area contributed by atoms with Crippen molar-refractivity contribution in [3.63, 3.8) is 0 Å². The van der Waals surface area contributed by atoms with E-state index in [0.717, 1.165) is 29.0 Å². The lowest BCUT2D eigenvalue weighted by Crippen LogP contribution is -2.44. The number of hydrazine groups is 1. The summed E-state index contributed by atoms with van der Waals surface area (Å²) in [7, 11) is 0. The van der Waals surface area contributed by atoms with Crippen LogP contribution in [0.15, 0.2) is 42.5 Å². The quantitative estimate of drug-likeness (QED) is 0.426. The monoisotopic (exact) mass is 426 g/mol. The van der Waals surface area contributed by atoms with Gasteiger partial charge in [-0.25, -0.2) is 14.9 Å². The molecule has 30 heavy (non-hydrogen) atoms.